The Hall–Kier alpha value is -3.27. The molecule has 0 bridgehead atoms. The fourth-order valence-corrected chi connectivity index (χ4v) is 3.75. The molecule has 0 saturated heterocycles. The maximum atomic E-state index is 13.0. The third kappa shape index (κ3) is 4.77. The highest BCUT2D eigenvalue weighted by atomic mass is 16.5. The summed E-state index contributed by atoms with van der Waals surface area (Å²) in [5.74, 6) is 1.27. The second kappa shape index (κ2) is 9.28. The summed E-state index contributed by atoms with van der Waals surface area (Å²) in [4.78, 5) is 13.0. The van der Waals surface area contributed by atoms with Crippen molar-refractivity contribution in [2.45, 2.75) is 25.3 Å². The Balaban J connectivity index is 1.38. The van der Waals surface area contributed by atoms with Crippen molar-refractivity contribution in [2.75, 3.05) is 13.2 Å². The van der Waals surface area contributed by atoms with E-state index in [1.165, 1.54) is 11.1 Å². The lowest BCUT2D eigenvalue weighted by molar-refractivity contribution is 0.0927. The number of nitrogens with one attached hydrogen (secondary N) is 1. The predicted molar refractivity (Wildman–Crippen MR) is 113 cm³/mol. The minimum Gasteiger partial charge on any atom is -0.490 e. The molecule has 4 nitrogen and oxygen atoms in total. The first kappa shape index (κ1) is 19.1. The van der Waals surface area contributed by atoms with Crippen LogP contribution in [-0.2, 0) is 6.42 Å². The van der Waals surface area contributed by atoms with Crippen LogP contribution in [0.5, 0.6) is 11.5 Å². The van der Waals surface area contributed by atoms with Crippen molar-refractivity contribution in [3.05, 3.63) is 95.6 Å². The lowest BCUT2D eigenvalue weighted by atomic mass is 9.87. The van der Waals surface area contributed by atoms with E-state index in [9.17, 15) is 4.79 Å². The minimum absolute atomic E-state index is 0.0434. The highest BCUT2D eigenvalue weighted by Gasteiger charge is 2.23. The number of hydrogen-bond donors (Lipinski definition) is 1. The number of aryl methyl sites for hydroxylation is 1. The van der Waals surface area contributed by atoms with Crippen molar-refractivity contribution in [3.63, 3.8) is 0 Å². The van der Waals surface area contributed by atoms with E-state index in [1.54, 1.807) is 6.07 Å². The van der Waals surface area contributed by atoms with Crippen LogP contribution in [0.4, 0.5) is 0 Å². The Kier molecular flexibility index (Phi) is 6.10. The van der Waals surface area contributed by atoms with Crippen molar-refractivity contribution in [3.8, 4) is 11.5 Å². The van der Waals surface area contributed by atoms with Crippen molar-refractivity contribution >= 4 is 5.91 Å². The van der Waals surface area contributed by atoms with Gasteiger partial charge in [-0.15, -0.1) is 0 Å². The molecular weight excluding hydrogens is 362 g/mol. The average molecular weight is 387 g/mol. The number of hydrogen-bond acceptors (Lipinski definition) is 3. The van der Waals surface area contributed by atoms with Crippen molar-refractivity contribution in [1.29, 1.82) is 0 Å². The minimum atomic E-state index is -0.105. The molecule has 0 fully saturated rings. The van der Waals surface area contributed by atoms with Gasteiger partial charge in [0.15, 0.2) is 0 Å². The number of fused-ring (bicyclic) bond motifs is 1. The smallest absolute Gasteiger partial charge is 0.255 e. The second-order valence-corrected chi connectivity index (χ2v) is 7.12. The van der Waals surface area contributed by atoms with Crippen molar-refractivity contribution < 1.29 is 14.3 Å². The molecule has 1 unspecified atom stereocenters. The average Bonchev–Trinajstić information content (AvgIpc) is 2.78. The topological polar surface area (TPSA) is 47.6 Å². The van der Waals surface area contributed by atoms with Crippen LogP contribution in [0.2, 0.25) is 0 Å². The van der Waals surface area contributed by atoms with Crippen molar-refractivity contribution in [2.24, 2.45) is 0 Å². The molecule has 0 aromatic heterocycles. The van der Waals surface area contributed by atoms with Crippen LogP contribution in [-0.4, -0.2) is 19.1 Å². The van der Waals surface area contributed by atoms with E-state index in [2.05, 4.69) is 23.5 Å². The summed E-state index contributed by atoms with van der Waals surface area (Å²) in [6.07, 6.45) is 3.11. The molecule has 4 rings (SSSR count). The predicted octanol–water partition coefficient (Wildman–Crippen LogP) is 4.95. The quantitative estimate of drug-likeness (QED) is 0.584. The van der Waals surface area contributed by atoms with E-state index in [1.807, 2.05) is 54.6 Å². The molecular formula is C25H25NO3. The molecule has 1 N–H and O–H groups in total. The monoisotopic (exact) mass is 387 g/mol. The van der Waals surface area contributed by atoms with Gasteiger partial charge in [0.25, 0.3) is 5.91 Å². The van der Waals surface area contributed by atoms with Gasteiger partial charge in [0.05, 0.1) is 11.6 Å². The van der Waals surface area contributed by atoms with Gasteiger partial charge >= 0.3 is 0 Å². The van der Waals surface area contributed by atoms with Crippen LogP contribution in [0.3, 0.4) is 0 Å². The Morgan fingerprint density at radius 1 is 0.862 bits per heavy atom. The van der Waals surface area contributed by atoms with Crippen LogP contribution in [0.25, 0.3) is 0 Å². The van der Waals surface area contributed by atoms with E-state index < -0.39 is 0 Å². The molecule has 0 heterocycles. The van der Waals surface area contributed by atoms with Gasteiger partial charge in [-0.25, -0.2) is 0 Å². The number of amides is 1. The van der Waals surface area contributed by atoms with Gasteiger partial charge in [-0.3, -0.25) is 4.79 Å². The van der Waals surface area contributed by atoms with Gasteiger partial charge in [0, 0.05) is 0 Å². The SMILES string of the molecule is O=C(NC1CCCc2ccccc21)c1ccccc1OCCOc1ccccc1. The summed E-state index contributed by atoms with van der Waals surface area (Å²) in [6, 6.07) is 25.4. The molecule has 4 heteroatoms. The zero-order chi connectivity index (χ0) is 19.9. The Bertz CT molecular complexity index is 955. The second-order valence-electron chi connectivity index (χ2n) is 7.12. The van der Waals surface area contributed by atoms with Crippen molar-refractivity contribution in [1.82, 2.24) is 5.32 Å². The lowest BCUT2D eigenvalue weighted by Gasteiger charge is -2.26. The van der Waals surface area contributed by atoms with Gasteiger partial charge in [0.1, 0.15) is 24.7 Å². The molecule has 3 aromatic rings. The van der Waals surface area contributed by atoms with Crippen LogP contribution in [0.1, 0.15) is 40.4 Å². The molecule has 1 aliphatic carbocycles. The van der Waals surface area contributed by atoms with E-state index >= 15 is 0 Å². The first-order chi connectivity index (χ1) is 14.3. The van der Waals surface area contributed by atoms with E-state index in [0.717, 1.165) is 25.0 Å². The summed E-state index contributed by atoms with van der Waals surface area (Å²) in [7, 11) is 0. The lowest BCUT2D eigenvalue weighted by Crippen LogP contribution is -2.31. The van der Waals surface area contributed by atoms with Crippen LogP contribution in [0, 0.1) is 0 Å². The molecule has 0 spiro atoms. The number of rotatable bonds is 7. The largest absolute Gasteiger partial charge is 0.490 e. The van der Waals surface area contributed by atoms with E-state index in [4.69, 9.17) is 9.47 Å². The standard InChI is InChI=1S/C25H25NO3/c27-25(26-23-15-8-10-19-9-4-5-13-21(19)23)22-14-6-7-16-24(22)29-18-17-28-20-11-2-1-3-12-20/h1-7,9,11-14,16,23H,8,10,15,17-18H2,(H,26,27). The highest BCUT2D eigenvalue weighted by Crippen LogP contribution is 2.30. The number of para-hydroxylation sites is 2. The maximum Gasteiger partial charge on any atom is 0.255 e. The zero-order valence-electron chi connectivity index (χ0n) is 16.3. The number of ether oxygens (including phenoxy) is 2. The summed E-state index contributed by atoms with van der Waals surface area (Å²) >= 11 is 0. The van der Waals surface area contributed by atoms with Crippen LogP contribution >= 0.6 is 0 Å². The first-order valence-corrected chi connectivity index (χ1v) is 10.1. The van der Waals surface area contributed by atoms with Gasteiger partial charge in [0.2, 0.25) is 0 Å². The number of carbonyl (C=O) groups excluding carboxylic acids is 1. The van der Waals surface area contributed by atoms with Gasteiger partial charge < -0.3 is 14.8 Å². The molecule has 1 aliphatic rings. The zero-order valence-corrected chi connectivity index (χ0v) is 16.3. The first-order valence-electron chi connectivity index (χ1n) is 10.1. The third-order valence-electron chi connectivity index (χ3n) is 5.16. The summed E-state index contributed by atoms with van der Waals surface area (Å²) in [6.45, 7) is 0.779. The molecule has 1 atom stereocenters. The highest BCUT2D eigenvalue weighted by molar-refractivity contribution is 5.97. The van der Waals surface area contributed by atoms with Crippen LogP contribution in [0.15, 0.2) is 78.9 Å². The van der Waals surface area contributed by atoms with Gasteiger partial charge in [-0.1, -0.05) is 54.6 Å². The summed E-state index contributed by atoms with van der Waals surface area (Å²) < 4.78 is 11.5. The molecule has 0 aliphatic heterocycles. The summed E-state index contributed by atoms with van der Waals surface area (Å²) in [5.41, 5.74) is 3.10. The Morgan fingerprint density at radius 3 is 2.48 bits per heavy atom. The maximum absolute atomic E-state index is 13.0. The normalized spacial score (nSPS) is 15.2. The van der Waals surface area contributed by atoms with Gasteiger partial charge in [-0.2, -0.15) is 0 Å². The molecule has 29 heavy (non-hydrogen) atoms. The van der Waals surface area contributed by atoms with Gasteiger partial charge in [-0.05, 0) is 54.7 Å². The van der Waals surface area contributed by atoms with E-state index in [-0.39, 0.29) is 11.9 Å². The summed E-state index contributed by atoms with van der Waals surface area (Å²) in [5, 5.41) is 3.20. The Labute approximate surface area is 171 Å². The molecule has 3 aromatic carbocycles. The third-order valence-corrected chi connectivity index (χ3v) is 5.16. The number of benzene rings is 3. The number of carbonyl (C=O) groups is 1. The molecule has 1 amide bonds. The molecule has 0 radical (unpaired) electrons. The fraction of sp³-hybridized carbons (Fsp3) is 0.240. The molecule has 0 saturated carbocycles. The van der Waals surface area contributed by atoms with Crippen LogP contribution < -0.4 is 14.8 Å². The van der Waals surface area contributed by atoms with E-state index in [0.29, 0.717) is 24.5 Å². The molecule has 148 valence electrons. The fourth-order valence-electron chi connectivity index (χ4n) is 3.75. The Morgan fingerprint density at radius 2 is 1.59 bits per heavy atom.